The van der Waals surface area contributed by atoms with Crippen LogP contribution in [0.3, 0.4) is 0 Å². The molecule has 0 bridgehead atoms. The lowest BCUT2D eigenvalue weighted by Crippen LogP contribution is -2.35. The molecule has 1 atom stereocenters. The minimum absolute atomic E-state index is 0.178. The van der Waals surface area contributed by atoms with E-state index in [1.54, 1.807) is 18.2 Å². The van der Waals surface area contributed by atoms with E-state index in [0.717, 1.165) is 51.0 Å². The number of benzene rings is 2. The van der Waals surface area contributed by atoms with Gasteiger partial charge in [0.2, 0.25) is 0 Å². The molecule has 2 aliphatic rings. The zero-order chi connectivity index (χ0) is 18.4. The number of hydrogen-bond acceptors (Lipinski definition) is 3. The van der Waals surface area contributed by atoms with E-state index in [-0.39, 0.29) is 11.9 Å². The molecule has 0 aromatic heterocycles. The van der Waals surface area contributed by atoms with Crippen LogP contribution in [0.25, 0.3) is 0 Å². The SMILES string of the molecule is CCN1CCC(C(O)c2ccc3c(c2)NCC3)CC1.Fc1ccccc1. The van der Waals surface area contributed by atoms with Crippen LogP contribution in [0.2, 0.25) is 0 Å². The van der Waals surface area contributed by atoms with Gasteiger partial charge >= 0.3 is 0 Å². The van der Waals surface area contributed by atoms with Gasteiger partial charge in [-0.1, -0.05) is 37.3 Å². The first-order valence-electron chi connectivity index (χ1n) is 9.65. The number of halogens is 1. The summed E-state index contributed by atoms with van der Waals surface area (Å²) in [6, 6.07) is 14.4. The summed E-state index contributed by atoms with van der Waals surface area (Å²) in [4.78, 5) is 2.47. The maximum absolute atomic E-state index is 11.9. The third-order valence-corrected chi connectivity index (χ3v) is 5.44. The van der Waals surface area contributed by atoms with E-state index < -0.39 is 0 Å². The molecule has 2 aliphatic heterocycles. The third-order valence-electron chi connectivity index (χ3n) is 5.44. The summed E-state index contributed by atoms with van der Waals surface area (Å²) < 4.78 is 11.9. The van der Waals surface area contributed by atoms with Gasteiger partial charge in [-0.3, -0.25) is 0 Å². The topological polar surface area (TPSA) is 35.5 Å². The van der Waals surface area contributed by atoms with Crippen molar-refractivity contribution in [1.29, 1.82) is 0 Å². The summed E-state index contributed by atoms with van der Waals surface area (Å²) in [7, 11) is 0. The molecule has 2 aromatic rings. The molecular weight excluding hydrogens is 327 g/mol. The Balaban J connectivity index is 0.000000236. The second-order valence-corrected chi connectivity index (χ2v) is 7.11. The highest BCUT2D eigenvalue weighted by Gasteiger charge is 2.26. The zero-order valence-corrected chi connectivity index (χ0v) is 15.5. The zero-order valence-electron chi connectivity index (χ0n) is 15.5. The third kappa shape index (κ3) is 4.83. The summed E-state index contributed by atoms with van der Waals surface area (Å²) in [6.07, 6.45) is 3.03. The first kappa shape index (κ1) is 18.9. The van der Waals surface area contributed by atoms with Crippen molar-refractivity contribution in [3.63, 3.8) is 0 Å². The molecule has 0 saturated carbocycles. The van der Waals surface area contributed by atoms with Gasteiger partial charge in [0.05, 0.1) is 6.10 Å². The molecule has 4 heteroatoms. The lowest BCUT2D eigenvalue weighted by atomic mass is 9.87. The van der Waals surface area contributed by atoms with Crippen molar-refractivity contribution in [2.24, 2.45) is 5.92 Å². The molecule has 0 amide bonds. The summed E-state index contributed by atoms with van der Waals surface area (Å²) in [5.74, 6) is 0.241. The van der Waals surface area contributed by atoms with E-state index >= 15 is 0 Å². The van der Waals surface area contributed by atoms with E-state index in [9.17, 15) is 9.50 Å². The molecule has 140 valence electrons. The van der Waals surface area contributed by atoms with Gasteiger partial charge in [-0.25, -0.2) is 4.39 Å². The number of fused-ring (bicyclic) bond motifs is 1. The largest absolute Gasteiger partial charge is 0.388 e. The van der Waals surface area contributed by atoms with Crippen LogP contribution in [-0.4, -0.2) is 36.2 Å². The maximum atomic E-state index is 11.9. The smallest absolute Gasteiger partial charge is 0.123 e. The highest BCUT2D eigenvalue weighted by atomic mass is 19.1. The molecular formula is C22H29FN2O. The molecule has 26 heavy (non-hydrogen) atoms. The van der Waals surface area contributed by atoms with Crippen LogP contribution in [0, 0.1) is 11.7 Å². The molecule has 1 unspecified atom stereocenters. The number of nitrogens with one attached hydrogen (secondary N) is 1. The Morgan fingerprint density at radius 3 is 2.50 bits per heavy atom. The van der Waals surface area contributed by atoms with Crippen molar-refractivity contribution in [3.8, 4) is 0 Å². The summed E-state index contributed by atoms with van der Waals surface area (Å²) in [6.45, 7) is 6.63. The minimum atomic E-state index is -0.299. The van der Waals surface area contributed by atoms with Crippen LogP contribution in [0.4, 0.5) is 10.1 Å². The normalized spacial score (nSPS) is 18.4. The van der Waals surface area contributed by atoms with Gasteiger partial charge < -0.3 is 15.3 Å². The molecule has 2 N–H and O–H groups in total. The summed E-state index contributed by atoms with van der Waals surface area (Å²) in [5.41, 5.74) is 3.70. The number of hydrogen-bond donors (Lipinski definition) is 2. The average Bonchev–Trinajstić information content (AvgIpc) is 3.16. The second-order valence-electron chi connectivity index (χ2n) is 7.11. The lowest BCUT2D eigenvalue weighted by molar-refractivity contribution is 0.0604. The Bertz CT molecular complexity index is 684. The Kier molecular flexibility index (Phi) is 6.64. The van der Waals surface area contributed by atoms with Crippen molar-refractivity contribution in [2.75, 3.05) is 31.5 Å². The van der Waals surface area contributed by atoms with Crippen LogP contribution < -0.4 is 5.32 Å². The van der Waals surface area contributed by atoms with Crippen LogP contribution in [-0.2, 0) is 6.42 Å². The van der Waals surface area contributed by atoms with Crippen LogP contribution in [0.15, 0.2) is 48.5 Å². The molecule has 0 spiro atoms. The lowest BCUT2D eigenvalue weighted by Gasteiger charge is -2.33. The van der Waals surface area contributed by atoms with Crippen LogP contribution >= 0.6 is 0 Å². The van der Waals surface area contributed by atoms with Crippen LogP contribution in [0.5, 0.6) is 0 Å². The van der Waals surface area contributed by atoms with E-state index in [0.29, 0.717) is 5.92 Å². The van der Waals surface area contributed by atoms with E-state index in [1.165, 1.54) is 23.4 Å². The molecule has 1 saturated heterocycles. The Labute approximate surface area is 155 Å². The standard InChI is InChI=1S/C16H24N2O.C6H5F/c1-2-18-9-6-13(7-10-18)16(19)14-4-3-12-5-8-17-15(12)11-14;7-6-4-2-1-3-5-6/h3-4,11,13,16-17,19H,2,5-10H2,1H3;1-5H. The van der Waals surface area contributed by atoms with Gasteiger partial charge in [0.1, 0.15) is 5.82 Å². The summed E-state index contributed by atoms with van der Waals surface area (Å²) >= 11 is 0. The number of likely N-dealkylation sites (tertiary alicyclic amines) is 1. The predicted molar refractivity (Wildman–Crippen MR) is 105 cm³/mol. The molecule has 4 rings (SSSR count). The average molecular weight is 356 g/mol. The Morgan fingerprint density at radius 2 is 1.88 bits per heavy atom. The molecule has 2 heterocycles. The van der Waals surface area contributed by atoms with Gasteiger partial charge in [0, 0.05) is 12.2 Å². The molecule has 0 radical (unpaired) electrons. The predicted octanol–water partition coefficient (Wildman–Crippen LogP) is 4.25. The number of aliphatic hydroxyl groups is 1. The van der Waals surface area contributed by atoms with Crippen molar-refractivity contribution in [1.82, 2.24) is 4.90 Å². The van der Waals surface area contributed by atoms with Crippen molar-refractivity contribution >= 4 is 5.69 Å². The quantitative estimate of drug-likeness (QED) is 0.863. The Hall–Kier alpha value is -1.91. The fraction of sp³-hybridized carbons (Fsp3) is 0.455. The van der Waals surface area contributed by atoms with Gasteiger partial charge in [0.25, 0.3) is 0 Å². The highest BCUT2D eigenvalue weighted by Crippen LogP contribution is 2.33. The van der Waals surface area contributed by atoms with E-state index in [4.69, 9.17) is 0 Å². The van der Waals surface area contributed by atoms with E-state index in [1.807, 2.05) is 0 Å². The monoisotopic (exact) mass is 356 g/mol. The summed E-state index contributed by atoms with van der Waals surface area (Å²) in [5, 5.41) is 14.0. The minimum Gasteiger partial charge on any atom is -0.388 e. The number of anilines is 1. The van der Waals surface area contributed by atoms with Crippen LogP contribution in [0.1, 0.15) is 37.0 Å². The first-order valence-corrected chi connectivity index (χ1v) is 9.65. The highest BCUT2D eigenvalue weighted by molar-refractivity contribution is 5.57. The molecule has 3 nitrogen and oxygen atoms in total. The Morgan fingerprint density at radius 1 is 1.15 bits per heavy atom. The maximum Gasteiger partial charge on any atom is 0.123 e. The van der Waals surface area contributed by atoms with Crippen molar-refractivity contribution in [2.45, 2.75) is 32.3 Å². The van der Waals surface area contributed by atoms with Crippen molar-refractivity contribution in [3.05, 3.63) is 65.5 Å². The van der Waals surface area contributed by atoms with E-state index in [2.05, 4.69) is 35.3 Å². The van der Waals surface area contributed by atoms with Gasteiger partial charge in [-0.05, 0) is 74.1 Å². The molecule has 0 aliphatic carbocycles. The second kappa shape index (κ2) is 9.15. The molecule has 2 aromatic carbocycles. The number of nitrogens with zero attached hydrogens (tertiary/aromatic N) is 1. The van der Waals surface area contributed by atoms with Gasteiger partial charge in [-0.2, -0.15) is 0 Å². The number of aliphatic hydroxyl groups excluding tert-OH is 1. The van der Waals surface area contributed by atoms with Gasteiger partial charge in [-0.15, -0.1) is 0 Å². The molecule has 1 fully saturated rings. The number of rotatable bonds is 3. The number of piperidine rings is 1. The van der Waals surface area contributed by atoms with Crippen molar-refractivity contribution < 1.29 is 9.50 Å². The van der Waals surface area contributed by atoms with Gasteiger partial charge in [0.15, 0.2) is 0 Å². The fourth-order valence-electron chi connectivity index (χ4n) is 3.76. The fourth-order valence-corrected chi connectivity index (χ4v) is 3.76. The first-order chi connectivity index (χ1) is 12.7.